The van der Waals surface area contributed by atoms with Crippen LogP contribution >= 0.6 is 15.9 Å². The molecule has 0 fully saturated rings. The van der Waals surface area contributed by atoms with Gasteiger partial charge in [0.1, 0.15) is 6.10 Å². The van der Waals surface area contributed by atoms with Gasteiger partial charge < -0.3 is 14.6 Å². The molecule has 24 heavy (non-hydrogen) atoms. The molecule has 1 aromatic rings. The van der Waals surface area contributed by atoms with Crippen LogP contribution in [0, 0.1) is 0 Å². The van der Waals surface area contributed by atoms with Crippen molar-refractivity contribution in [2.75, 3.05) is 20.2 Å². The normalized spacial score (nSPS) is 31.2. The van der Waals surface area contributed by atoms with Gasteiger partial charge in [-0.25, -0.2) is 0 Å². The van der Waals surface area contributed by atoms with Gasteiger partial charge in [-0.05, 0) is 37.6 Å². The van der Waals surface area contributed by atoms with E-state index in [0.29, 0.717) is 6.42 Å². The van der Waals surface area contributed by atoms with E-state index >= 15 is 0 Å². The molecule has 1 spiro atoms. The quantitative estimate of drug-likeness (QED) is 0.799. The lowest BCUT2D eigenvalue weighted by atomic mass is 9.69. The van der Waals surface area contributed by atoms with Crippen molar-refractivity contribution in [1.82, 2.24) is 4.90 Å². The monoisotopic (exact) mass is 393 g/mol. The highest BCUT2D eigenvalue weighted by Crippen LogP contribution is 2.57. The summed E-state index contributed by atoms with van der Waals surface area (Å²) in [4.78, 5) is 2.52. The number of hydrogen-bond acceptors (Lipinski definition) is 4. The van der Waals surface area contributed by atoms with E-state index in [2.05, 4.69) is 33.8 Å². The molecule has 0 amide bonds. The minimum Gasteiger partial charge on any atom is -0.493 e. The molecule has 2 unspecified atom stereocenters. The van der Waals surface area contributed by atoms with Crippen molar-refractivity contribution in [3.63, 3.8) is 0 Å². The van der Waals surface area contributed by atoms with Gasteiger partial charge in [0.25, 0.3) is 0 Å². The van der Waals surface area contributed by atoms with Gasteiger partial charge in [0.2, 0.25) is 0 Å². The average molecular weight is 394 g/mol. The fourth-order valence-corrected chi connectivity index (χ4v) is 5.05. The first kappa shape index (κ1) is 16.4. The van der Waals surface area contributed by atoms with E-state index in [-0.39, 0.29) is 11.5 Å². The number of methoxy groups -OCH3 is 1. The fourth-order valence-electron chi connectivity index (χ4n) is 4.52. The summed E-state index contributed by atoms with van der Waals surface area (Å²) in [6, 6.07) is 2.02. The number of rotatable bonds is 3. The lowest BCUT2D eigenvalue weighted by Crippen LogP contribution is -2.43. The Kier molecular flexibility index (Phi) is 4.14. The average Bonchev–Trinajstić information content (AvgIpc) is 2.79. The van der Waals surface area contributed by atoms with Crippen LogP contribution in [0.1, 0.15) is 37.3 Å². The second-order valence-corrected chi connectivity index (χ2v) is 7.93. The Bertz CT molecular complexity index is 690. The van der Waals surface area contributed by atoms with Crippen molar-refractivity contribution in [2.24, 2.45) is 0 Å². The molecule has 130 valence electrons. The summed E-state index contributed by atoms with van der Waals surface area (Å²) in [5, 5.41) is 10.1. The lowest BCUT2D eigenvalue weighted by molar-refractivity contribution is 0.0810. The summed E-state index contributed by atoms with van der Waals surface area (Å²) in [5.41, 5.74) is 2.42. The first-order valence-corrected chi connectivity index (χ1v) is 9.54. The lowest BCUT2D eigenvalue weighted by Gasteiger charge is -2.36. The number of ether oxygens (including phenoxy) is 2. The molecule has 0 saturated carbocycles. The van der Waals surface area contributed by atoms with Crippen LogP contribution in [0.2, 0.25) is 0 Å². The van der Waals surface area contributed by atoms with Crippen molar-refractivity contribution in [3.05, 3.63) is 33.8 Å². The molecule has 1 N–H and O–H groups in total. The Labute approximate surface area is 151 Å². The van der Waals surface area contributed by atoms with Crippen LogP contribution in [0.4, 0.5) is 0 Å². The molecule has 1 aromatic carbocycles. The van der Waals surface area contributed by atoms with Crippen LogP contribution < -0.4 is 9.47 Å². The van der Waals surface area contributed by atoms with Gasteiger partial charge in [0, 0.05) is 23.0 Å². The molecule has 1 aliphatic carbocycles. The summed E-state index contributed by atoms with van der Waals surface area (Å²) in [7, 11) is 1.69. The Morgan fingerprint density at radius 1 is 1.50 bits per heavy atom. The van der Waals surface area contributed by atoms with Gasteiger partial charge in [-0.3, -0.25) is 4.90 Å². The summed E-state index contributed by atoms with van der Waals surface area (Å²) < 4.78 is 13.0. The first-order valence-electron chi connectivity index (χ1n) is 8.75. The zero-order chi connectivity index (χ0) is 16.9. The highest BCUT2D eigenvalue weighted by Gasteiger charge is 2.53. The van der Waals surface area contributed by atoms with Crippen molar-refractivity contribution in [1.29, 1.82) is 0 Å². The zero-order valence-corrected chi connectivity index (χ0v) is 15.8. The Morgan fingerprint density at radius 2 is 2.33 bits per heavy atom. The summed E-state index contributed by atoms with van der Waals surface area (Å²) in [6.45, 7) is 5.29. The minimum atomic E-state index is -0.428. The number of aliphatic hydroxyl groups excluding tert-OH is 1. The molecule has 3 atom stereocenters. The van der Waals surface area contributed by atoms with E-state index in [0.717, 1.165) is 48.4 Å². The number of hydrogen-bond donors (Lipinski definition) is 1. The standard InChI is InChI=1S/C19H24BrNO3/c1-3-7-21-8-6-19-5-4-12(22)9-16(19)24-18-15(23-2)10-14(20)13(11-21)17(18)19/h4-5,10,12,16,22H,3,6-9,11H2,1-2H3/t12-,16?,19?/m0/s1. The number of nitrogens with zero attached hydrogens (tertiary/aromatic N) is 1. The molecular weight excluding hydrogens is 370 g/mol. The fraction of sp³-hybridized carbons (Fsp3) is 0.579. The van der Waals surface area contributed by atoms with Crippen LogP contribution in [0.5, 0.6) is 11.5 Å². The molecule has 0 radical (unpaired) electrons. The van der Waals surface area contributed by atoms with E-state index in [1.54, 1.807) is 7.11 Å². The molecule has 2 aliphatic heterocycles. The summed E-state index contributed by atoms with van der Waals surface area (Å²) in [5.74, 6) is 1.65. The van der Waals surface area contributed by atoms with Gasteiger partial charge in [0.05, 0.1) is 18.6 Å². The van der Waals surface area contributed by atoms with Gasteiger partial charge in [0.15, 0.2) is 11.5 Å². The minimum absolute atomic E-state index is 0.0176. The first-order chi connectivity index (χ1) is 11.6. The predicted molar refractivity (Wildman–Crippen MR) is 96.7 cm³/mol. The van der Waals surface area contributed by atoms with E-state index < -0.39 is 6.10 Å². The molecule has 4 nitrogen and oxygen atoms in total. The Morgan fingerprint density at radius 3 is 3.08 bits per heavy atom. The third-order valence-corrected chi connectivity index (χ3v) is 6.36. The molecular formula is C19H24BrNO3. The SMILES string of the molecule is CCCN1CCC23C=C[C@H](O)CC2Oc2c(OC)cc(Br)c(c23)C1. The van der Waals surface area contributed by atoms with Crippen LogP contribution in [-0.2, 0) is 12.0 Å². The van der Waals surface area contributed by atoms with Crippen LogP contribution in [0.25, 0.3) is 0 Å². The van der Waals surface area contributed by atoms with E-state index in [1.165, 1.54) is 11.1 Å². The third-order valence-electron chi connectivity index (χ3n) is 5.65. The topological polar surface area (TPSA) is 41.9 Å². The maximum absolute atomic E-state index is 10.1. The van der Waals surface area contributed by atoms with Gasteiger partial charge >= 0.3 is 0 Å². The van der Waals surface area contributed by atoms with Crippen molar-refractivity contribution < 1.29 is 14.6 Å². The van der Waals surface area contributed by atoms with Crippen LogP contribution in [-0.4, -0.2) is 42.4 Å². The molecule has 4 rings (SSSR count). The maximum Gasteiger partial charge on any atom is 0.166 e. The molecule has 3 aliphatic rings. The Hall–Kier alpha value is -1.04. The molecule has 0 aromatic heterocycles. The van der Waals surface area contributed by atoms with E-state index in [9.17, 15) is 5.11 Å². The number of halogens is 1. The van der Waals surface area contributed by atoms with Gasteiger partial charge in [-0.1, -0.05) is 35.0 Å². The third kappa shape index (κ3) is 2.32. The molecule has 0 saturated heterocycles. The van der Waals surface area contributed by atoms with Crippen LogP contribution in [0.15, 0.2) is 22.7 Å². The van der Waals surface area contributed by atoms with E-state index in [1.807, 2.05) is 12.1 Å². The highest BCUT2D eigenvalue weighted by molar-refractivity contribution is 9.10. The van der Waals surface area contributed by atoms with Gasteiger partial charge in [-0.15, -0.1) is 0 Å². The van der Waals surface area contributed by atoms with E-state index in [4.69, 9.17) is 9.47 Å². The predicted octanol–water partition coefficient (Wildman–Crippen LogP) is 3.39. The highest BCUT2D eigenvalue weighted by atomic mass is 79.9. The largest absolute Gasteiger partial charge is 0.493 e. The molecule has 5 heteroatoms. The van der Waals surface area contributed by atoms with Gasteiger partial charge in [-0.2, -0.15) is 0 Å². The van der Waals surface area contributed by atoms with Crippen LogP contribution in [0.3, 0.4) is 0 Å². The second-order valence-electron chi connectivity index (χ2n) is 7.08. The Balaban J connectivity index is 1.92. The zero-order valence-electron chi connectivity index (χ0n) is 14.2. The van der Waals surface area contributed by atoms with Crippen molar-refractivity contribution in [2.45, 2.75) is 50.4 Å². The maximum atomic E-state index is 10.1. The smallest absolute Gasteiger partial charge is 0.166 e. The summed E-state index contributed by atoms with van der Waals surface area (Å²) in [6.07, 6.45) is 6.50. The van der Waals surface area contributed by atoms with Crippen molar-refractivity contribution in [3.8, 4) is 11.5 Å². The molecule has 2 heterocycles. The number of benzene rings is 1. The summed E-state index contributed by atoms with van der Waals surface area (Å²) >= 11 is 3.77. The number of aliphatic hydroxyl groups is 1. The second kappa shape index (κ2) is 6.04. The molecule has 0 bridgehead atoms. The van der Waals surface area contributed by atoms with Crippen molar-refractivity contribution >= 4 is 15.9 Å².